The van der Waals surface area contributed by atoms with Gasteiger partial charge in [-0.15, -0.1) is 5.10 Å². The summed E-state index contributed by atoms with van der Waals surface area (Å²) in [6.07, 6.45) is -4.13. The first kappa shape index (κ1) is 44.2. The van der Waals surface area contributed by atoms with Crippen molar-refractivity contribution >= 4 is 50.1 Å². The first-order valence-electron chi connectivity index (χ1n) is 20.3. The largest absolute Gasteiger partial charge is 0.405 e. The second-order valence-corrected chi connectivity index (χ2v) is 20.1. The summed E-state index contributed by atoms with van der Waals surface area (Å²) in [6, 6.07) is 7.30. The van der Waals surface area contributed by atoms with Gasteiger partial charge in [0.25, 0.3) is 18.2 Å². The fourth-order valence-corrected chi connectivity index (χ4v) is 10.5. The molecular formula is C43H37ClF7N9O4S. The number of halogens is 8. The third-order valence-corrected chi connectivity index (χ3v) is 15.0. The summed E-state index contributed by atoms with van der Waals surface area (Å²) in [4.78, 5) is 19.0. The van der Waals surface area contributed by atoms with Crippen LogP contribution in [0.1, 0.15) is 104 Å². The number of pyridine rings is 1. The molecule has 0 spiro atoms. The molecule has 2 saturated carbocycles. The lowest BCUT2D eigenvalue weighted by Crippen LogP contribution is -2.35. The van der Waals surface area contributed by atoms with E-state index in [1.807, 2.05) is 0 Å². The maximum Gasteiger partial charge on any atom is 0.321 e. The third kappa shape index (κ3) is 7.97. The number of aryl methyl sites for hydroxylation is 1. The maximum absolute atomic E-state index is 15.5. The molecule has 13 nitrogen and oxygen atoms in total. The lowest BCUT2D eigenvalue weighted by Gasteiger charge is -2.23. The van der Waals surface area contributed by atoms with E-state index in [-0.39, 0.29) is 63.7 Å². The molecule has 1 amide bonds. The normalized spacial score (nSPS) is 18.5. The molecular weight excluding hydrogens is 907 g/mol. The standard InChI is InChI=1S/C43H37ClF7N9O4S/c1-19(45)40-55-56-41(64-40)54-39-33-29(44)10-9-26(36(33)59(4)58-39)25-8-5-23(11-12-42(2,3)65(62,63)24-6-7-24)52-34(25)30(15-20-13-21(46)16-22(47)14-20)53-31(61)18-60-37-32(35(57-60)38(48)49)27-17-28(27)43(37,50)51/h5,8-10,13-14,16,19,24,27-28,30,38H,6-7,15,17-18H2,1-4H3,(H,53,61)(H,54,56,58)/t19?,27-,28+,30-/m0/s1. The fraction of sp³-hybridized carbons (Fsp3) is 0.395. The van der Waals surface area contributed by atoms with Gasteiger partial charge >= 0.3 is 6.01 Å². The molecule has 1 unspecified atom stereocenters. The van der Waals surface area contributed by atoms with Gasteiger partial charge in [0.2, 0.25) is 5.91 Å². The number of amides is 1. The lowest BCUT2D eigenvalue weighted by molar-refractivity contribution is -0.123. The smallest absolute Gasteiger partial charge is 0.321 e. The van der Waals surface area contributed by atoms with Crippen molar-refractivity contribution < 1.29 is 48.4 Å². The van der Waals surface area contributed by atoms with Crippen LogP contribution in [-0.2, 0) is 40.6 Å². The van der Waals surface area contributed by atoms with Crippen LogP contribution in [0.15, 0.2) is 46.9 Å². The second-order valence-electron chi connectivity index (χ2n) is 16.9. The van der Waals surface area contributed by atoms with Crippen molar-refractivity contribution in [2.24, 2.45) is 13.0 Å². The number of aromatic nitrogens is 7. The molecule has 2 aromatic carbocycles. The number of hydrogen-bond donors (Lipinski definition) is 2. The third-order valence-electron chi connectivity index (χ3n) is 11.8. The summed E-state index contributed by atoms with van der Waals surface area (Å²) in [7, 11) is -2.10. The van der Waals surface area contributed by atoms with Crippen molar-refractivity contribution in [1.29, 1.82) is 0 Å². The Morgan fingerprint density at radius 1 is 1.03 bits per heavy atom. The molecule has 6 aromatic rings. The number of benzene rings is 2. The number of carbonyl (C=O) groups excluding carboxylic acids is 1. The SMILES string of the molecule is CC(F)c1nnc(Nc2nn(C)c3c(-c4ccc(C#CC(C)(C)S(=O)(=O)C5CC5)nc4[C@H](Cc4cc(F)cc(F)c4)NC(=O)Cn4nc(C(F)F)c5c4C(F)(F)[C@@H]4C[C@H]54)ccc(Cl)c23)o1. The molecule has 3 aliphatic carbocycles. The van der Waals surface area contributed by atoms with Crippen molar-refractivity contribution in [2.45, 2.75) is 93.5 Å². The van der Waals surface area contributed by atoms with E-state index in [0.717, 1.165) is 12.1 Å². The Bertz CT molecular complexity index is 3080. The van der Waals surface area contributed by atoms with Crippen LogP contribution < -0.4 is 10.6 Å². The van der Waals surface area contributed by atoms with Crippen LogP contribution in [0.2, 0.25) is 5.02 Å². The number of alkyl halides is 5. The molecule has 340 valence electrons. The van der Waals surface area contributed by atoms with E-state index in [1.165, 1.54) is 37.6 Å². The molecule has 2 N–H and O–H groups in total. The Morgan fingerprint density at radius 3 is 2.40 bits per heavy atom. The topological polar surface area (TPSA) is 163 Å². The van der Waals surface area contributed by atoms with Crippen LogP contribution in [0.5, 0.6) is 0 Å². The van der Waals surface area contributed by atoms with Gasteiger partial charge in [0.05, 0.1) is 32.9 Å². The van der Waals surface area contributed by atoms with E-state index < -0.39 is 91.7 Å². The number of anilines is 2. The Hall–Kier alpha value is -6.01. The van der Waals surface area contributed by atoms with Crippen LogP contribution in [0.4, 0.5) is 42.6 Å². The number of sulfone groups is 1. The van der Waals surface area contributed by atoms with Crippen LogP contribution in [0, 0.1) is 29.4 Å². The van der Waals surface area contributed by atoms with Crippen molar-refractivity contribution in [3.8, 4) is 23.0 Å². The quantitative estimate of drug-likeness (QED) is 0.0845. The minimum Gasteiger partial charge on any atom is -0.405 e. The van der Waals surface area contributed by atoms with Crippen LogP contribution in [-0.4, -0.2) is 59.1 Å². The molecule has 22 heteroatoms. The van der Waals surface area contributed by atoms with Crippen molar-refractivity contribution in [3.05, 3.63) is 98.9 Å². The van der Waals surface area contributed by atoms with Gasteiger partial charge in [0, 0.05) is 35.7 Å². The highest BCUT2D eigenvalue weighted by Crippen LogP contribution is 2.68. The van der Waals surface area contributed by atoms with E-state index >= 15 is 8.78 Å². The number of nitrogens with zero attached hydrogens (tertiary/aromatic N) is 7. The minimum absolute atomic E-state index is 0.000946. The zero-order chi connectivity index (χ0) is 46.5. The monoisotopic (exact) mass is 943 g/mol. The van der Waals surface area contributed by atoms with Gasteiger partial charge in [-0.25, -0.2) is 35.4 Å². The molecule has 0 bridgehead atoms. The molecule has 2 fully saturated rings. The van der Waals surface area contributed by atoms with Gasteiger partial charge < -0.3 is 9.73 Å². The lowest BCUT2D eigenvalue weighted by atomic mass is 9.93. The van der Waals surface area contributed by atoms with Crippen molar-refractivity contribution in [2.75, 3.05) is 5.32 Å². The zero-order valence-electron chi connectivity index (χ0n) is 34.7. The van der Waals surface area contributed by atoms with Gasteiger partial charge in [0.1, 0.15) is 40.0 Å². The Morgan fingerprint density at radius 2 is 1.74 bits per heavy atom. The van der Waals surface area contributed by atoms with E-state index in [9.17, 15) is 35.2 Å². The number of hydrogen-bond acceptors (Lipinski definition) is 10. The Labute approximate surface area is 371 Å². The average molecular weight is 944 g/mol. The predicted molar refractivity (Wildman–Crippen MR) is 222 cm³/mol. The van der Waals surface area contributed by atoms with Crippen molar-refractivity contribution in [3.63, 3.8) is 0 Å². The first-order valence-corrected chi connectivity index (χ1v) is 22.3. The van der Waals surface area contributed by atoms with Gasteiger partial charge in [-0.3, -0.25) is 19.5 Å². The minimum atomic E-state index is -3.68. The molecule has 0 saturated heterocycles. The second kappa shape index (κ2) is 15.9. The summed E-state index contributed by atoms with van der Waals surface area (Å²) >= 11 is 6.77. The first-order chi connectivity index (χ1) is 30.6. The van der Waals surface area contributed by atoms with Gasteiger partial charge in [0.15, 0.2) is 21.8 Å². The van der Waals surface area contributed by atoms with Gasteiger partial charge in [-0.1, -0.05) is 28.7 Å². The molecule has 0 aliphatic heterocycles. The fourth-order valence-electron chi connectivity index (χ4n) is 8.48. The number of fused-ring (bicyclic) bond motifs is 4. The van der Waals surface area contributed by atoms with Crippen LogP contribution in [0.3, 0.4) is 0 Å². The highest BCUT2D eigenvalue weighted by atomic mass is 35.5. The van der Waals surface area contributed by atoms with E-state index in [0.29, 0.717) is 40.1 Å². The maximum atomic E-state index is 15.5. The predicted octanol–water partition coefficient (Wildman–Crippen LogP) is 8.87. The molecule has 65 heavy (non-hydrogen) atoms. The number of carbonyl (C=O) groups is 1. The zero-order valence-corrected chi connectivity index (χ0v) is 36.3. The summed E-state index contributed by atoms with van der Waals surface area (Å²) in [5.41, 5.74) is -0.856. The van der Waals surface area contributed by atoms with Crippen LogP contribution in [0.25, 0.3) is 22.0 Å². The molecule has 0 radical (unpaired) electrons. The van der Waals surface area contributed by atoms with Gasteiger partial charge in [-0.05, 0) is 94.2 Å². The van der Waals surface area contributed by atoms with Gasteiger partial charge in [-0.2, -0.15) is 19.0 Å². The van der Waals surface area contributed by atoms with E-state index in [1.54, 1.807) is 19.2 Å². The molecule has 9 rings (SSSR count). The van der Waals surface area contributed by atoms with E-state index in [2.05, 4.69) is 42.9 Å². The highest BCUT2D eigenvalue weighted by Gasteiger charge is 2.67. The number of rotatable bonds is 13. The Balaban J connectivity index is 1.18. The number of nitrogens with one attached hydrogen (secondary N) is 2. The summed E-state index contributed by atoms with van der Waals surface area (Å²) < 4.78 is 135. The molecule has 4 heterocycles. The average Bonchev–Trinajstić information content (AvgIpc) is 4.11. The molecule has 3 aliphatic rings. The highest BCUT2D eigenvalue weighted by molar-refractivity contribution is 7.93. The summed E-state index contributed by atoms with van der Waals surface area (Å²) in [5.74, 6) is -2.97. The molecule has 4 aromatic heterocycles. The summed E-state index contributed by atoms with van der Waals surface area (Å²) in [5, 5.41) is 21.3. The molecule has 4 atom stereocenters. The van der Waals surface area contributed by atoms with Crippen molar-refractivity contribution in [1.82, 2.24) is 40.1 Å². The van der Waals surface area contributed by atoms with Crippen LogP contribution >= 0.6 is 11.6 Å². The van der Waals surface area contributed by atoms with E-state index in [4.69, 9.17) is 21.0 Å². The summed E-state index contributed by atoms with van der Waals surface area (Å²) in [6.45, 7) is 3.20. The Kier molecular flexibility index (Phi) is 10.8.